The number of carbonyl (C=O) groups excluding carboxylic acids is 1. The largest absolute Gasteiger partial charge is 0.468 e. The molecule has 0 aromatic rings. The minimum absolute atomic E-state index is 0.380. The first kappa shape index (κ1) is 12.2. The highest BCUT2D eigenvalue weighted by Gasteiger charge is 2.40. The number of hydrogen-bond donors (Lipinski definition) is 1. The van der Waals surface area contributed by atoms with Crippen molar-refractivity contribution in [3.05, 3.63) is 12.7 Å². The van der Waals surface area contributed by atoms with E-state index in [0.29, 0.717) is 12.8 Å². The quantitative estimate of drug-likeness (QED) is 0.442. The summed E-state index contributed by atoms with van der Waals surface area (Å²) in [6, 6.07) is 0. The number of rotatable bonds is 3. The average molecular weight is 212 g/mol. The van der Waals surface area contributed by atoms with Crippen molar-refractivity contribution in [2.24, 2.45) is 5.92 Å². The lowest BCUT2D eigenvalue weighted by Gasteiger charge is -2.31. The lowest BCUT2D eigenvalue weighted by Crippen LogP contribution is -2.41. The van der Waals surface area contributed by atoms with Gasteiger partial charge in [0.2, 0.25) is 0 Å². The zero-order chi connectivity index (χ0) is 11.3. The van der Waals surface area contributed by atoms with Gasteiger partial charge in [-0.1, -0.05) is 31.8 Å². The third-order valence-electron chi connectivity index (χ3n) is 3.24. The Labute approximate surface area is 91.1 Å². The molecular formula is C12H20O3. The normalized spacial score (nSPS) is 22.5. The predicted octanol–water partition coefficient (Wildman–Crippen LogP) is 2.05. The van der Waals surface area contributed by atoms with Crippen LogP contribution in [0.4, 0.5) is 0 Å². The average Bonchev–Trinajstić information content (AvgIpc) is 2.44. The molecular weight excluding hydrogens is 192 g/mol. The molecule has 1 aliphatic carbocycles. The Kier molecular flexibility index (Phi) is 4.33. The van der Waals surface area contributed by atoms with Gasteiger partial charge in [0.1, 0.15) is 5.92 Å². The summed E-state index contributed by atoms with van der Waals surface area (Å²) < 4.78 is 4.69. The topological polar surface area (TPSA) is 46.5 Å². The summed E-state index contributed by atoms with van der Waals surface area (Å²) in [5.74, 6) is -0.963. The van der Waals surface area contributed by atoms with Crippen LogP contribution in [0.3, 0.4) is 0 Å². The number of ether oxygens (including phenoxy) is 1. The van der Waals surface area contributed by atoms with Gasteiger partial charge in [-0.05, 0) is 12.8 Å². The van der Waals surface area contributed by atoms with Gasteiger partial charge < -0.3 is 9.84 Å². The fourth-order valence-electron chi connectivity index (χ4n) is 2.31. The van der Waals surface area contributed by atoms with Crippen molar-refractivity contribution >= 4 is 5.97 Å². The second-order valence-electron chi connectivity index (χ2n) is 4.25. The molecule has 1 saturated carbocycles. The summed E-state index contributed by atoms with van der Waals surface area (Å²) in [5.41, 5.74) is -0.939. The molecule has 1 fully saturated rings. The summed E-state index contributed by atoms with van der Waals surface area (Å²) in [6.45, 7) is 3.62. The van der Waals surface area contributed by atoms with Gasteiger partial charge in [0.15, 0.2) is 0 Å². The second kappa shape index (κ2) is 5.31. The smallest absolute Gasteiger partial charge is 0.315 e. The van der Waals surface area contributed by atoms with Crippen LogP contribution < -0.4 is 0 Å². The van der Waals surface area contributed by atoms with Crippen LogP contribution in [-0.4, -0.2) is 23.8 Å². The predicted molar refractivity (Wildman–Crippen MR) is 58.4 cm³/mol. The van der Waals surface area contributed by atoms with Crippen LogP contribution in [0.25, 0.3) is 0 Å². The summed E-state index contributed by atoms with van der Waals surface area (Å²) in [7, 11) is 1.35. The van der Waals surface area contributed by atoms with E-state index in [2.05, 4.69) is 6.58 Å². The minimum Gasteiger partial charge on any atom is -0.468 e. The highest BCUT2D eigenvalue weighted by molar-refractivity contribution is 5.75. The van der Waals surface area contributed by atoms with Crippen LogP contribution in [0.5, 0.6) is 0 Å². The lowest BCUT2D eigenvalue weighted by molar-refractivity contribution is -0.153. The van der Waals surface area contributed by atoms with Gasteiger partial charge in [0.25, 0.3) is 0 Å². The number of methoxy groups -OCH3 is 1. The van der Waals surface area contributed by atoms with E-state index in [-0.39, 0.29) is 5.97 Å². The van der Waals surface area contributed by atoms with Crippen molar-refractivity contribution in [3.8, 4) is 0 Å². The van der Waals surface area contributed by atoms with Crippen LogP contribution >= 0.6 is 0 Å². The molecule has 1 atom stereocenters. The van der Waals surface area contributed by atoms with Crippen LogP contribution in [0.2, 0.25) is 0 Å². The first-order valence-electron chi connectivity index (χ1n) is 5.57. The zero-order valence-electron chi connectivity index (χ0n) is 9.37. The van der Waals surface area contributed by atoms with Crippen molar-refractivity contribution in [2.45, 2.75) is 44.1 Å². The highest BCUT2D eigenvalue weighted by atomic mass is 16.5. The number of esters is 1. The summed E-state index contributed by atoms with van der Waals surface area (Å²) in [4.78, 5) is 11.5. The van der Waals surface area contributed by atoms with E-state index >= 15 is 0 Å². The molecule has 86 valence electrons. The van der Waals surface area contributed by atoms with Crippen LogP contribution in [0.15, 0.2) is 12.7 Å². The molecule has 0 amide bonds. The SMILES string of the molecule is C=CC(C(=O)OC)C1(O)CCCCCC1. The van der Waals surface area contributed by atoms with E-state index in [0.717, 1.165) is 25.7 Å². The molecule has 3 heteroatoms. The maximum atomic E-state index is 11.5. The van der Waals surface area contributed by atoms with E-state index in [1.54, 1.807) is 0 Å². The summed E-state index contributed by atoms with van der Waals surface area (Å²) in [5, 5.41) is 10.4. The minimum atomic E-state index is -0.939. The van der Waals surface area contributed by atoms with Crippen LogP contribution in [0, 0.1) is 5.92 Å². The Morgan fingerprint density at radius 1 is 1.40 bits per heavy atom. The van der Waals surface area contributed by atoms with Crippen molar-refractivity contribution in [1.82, 2.24) is 0 Å². The van der Waals surface area contributed by atoms with Crippen LogP contribution in [0.1, 0.15) is 38.5 Å². The van der Waals surface area contributed by atoms with E-state index in [4.69, 9.17) is 4.74 Å². The Morgan fingerprint density at radius 2 is 1.93 bits per heavy atom. The first-order valence-corrected chi connectivity index (χ1v) is 5.57. The molecule has 0 heterocycles. The molecule has 0 aromatic carbocycles. The number of carbonyl (C=O) groups is 1. The molecule has 1 rings (SSSR count). The first-order chi connectivity index (χ1) is 7.14. The summed E-state index contributed by atoms with van der Waals surface area (Å²) in [6.07, 6.45) is 7.05. The molecule has 0 bridgehead atoms. The van der Waals surface area contributed by atoms with Gasteiger partial charge >= 0.3 is 5.97 Å². The van der Waals surface area contributed by atoms with Crippen molar-refractivity contribution < 1.29 is 14.6 Å². The highest BCUT2D eigenvalue weighted by Crippen LogP contribution is 2.34. The lowest BCUT2D eigenvalue weighted by atomic mass is 9.81. The van der Waals surface area contributed by atoms with E-state index in [9.17, 15) is 9.90 Å². The van der Waals surface area contributed by atoms with Crippen molar-refractivity contribution in [2.75, 3.05) is 7.11 Å². The van der Waals surface area contributed by atoms with Crippen molar-refractivity contribution in [1.29, 1.82) is 0 Å². The van der Waals surface area contributed by atoms with E-state index in [1.807, 2.05) is 0 Å². The van der Waals surface area contributed by atoms with E-state index < -0.39 is 11.5 Å². The second-order valence-corrected chi connectivity index (χ2v) is 4.25. The number of aliphatic hydroxyl groups is 1. The van der Waals surface area contributed by atoms with E-state index in [1.165, 1.54) is 13.2 Å². The Morgan fingerprint density at radius 3 is 2.33 bits per heavy atom. The maximum Gasteiger partial charge on any atom is 0.315 e. The Balaban J connectivity index is 2.78. The summed E-state index contributed by atoms with van der Waals surface area (Å²) >= 11 is 0. The molecule has 1 N–H and O–H groups in total. The molecule has 15 heavy (non-hydrogen) atoms. The fraction of sp³-hybridized carbons (Fsp3) is 0.750. The van der Waals surface area contributed by atoms with Gasteiger partial charge in [-0.15, -0.1) is 6.58 Å². The Bertz CT molecular complexity index is 227. The third-order valence-corrected chi connectivity index (χ3v) is 3.24. The third kappa shape index (κ3) is 2.81. The molecule has 0 aromatic heterocycles. The molecule has 1 aliphatic rings. The monoisotopic (exact) mass is 212 g/mol. The molecule has 0 radical (unpaired) electrons. The van der Waals surface area contributed by atoms with Crippen molar-refractivity contribution in [3.63, 3.8) is 0 Å². The van der Waals surface area contributed by atoms with Crippen LogP contribution in [-0.2, 0) is 9.53 Å². The van der Waals surface area contributed by atoms with Gasteiger partial charge in [-0.3, -0.25) is 4.79 Å². The maximum absolute atomic E-state index is 11.5. The molecule has 3 nitrogen and oxygen atoms in total. The van der Waals surface area contributed by atoms with Gasteiger partial charge in [0.05, 0.1) is 12.7 Å². The molecule has 0 aliphatic heterocycles. The molecule has 0 saturated heterocycles. The number of hydrogen-bond acceptors (Lipinski definition) is 3. The molecule has 0 spiro atoms. The molecule has 1 unspecified atom stereocenters. The zero-order valence-corrected chi connectivity index (χ0v) is 9.37. The standard InChI is InChI=1S/C12H20O3/c1-3-10(11(13)15-2)12(14)8-6-4-5-7-9-12/h3,10,14H,1,4-9H2,2H3. The van der Waals surface area contributed by atoms with Gasteiger partial charge in [-0.2, -0.15) is 0 Å². The van der Waals surface area contributed by atoms with Gasteiger partial charge in [-0.25, -0.2) is 0 Å². The van der Waals surface area contributed by atoms with Gasteiger partial charge in [0, 0.05) is 0 Å². The fourth-order valence-corrected chi connectivity index (χ4v) is 2.31. The Hall–Kier alpha value is -0.830.